The van der Waals surface area contributed by atoms with Crippen LogP contribution < -0.4 is 16.0 Å². The van der Waals surface area contributed by atoms with Gasteiger partial charge in [-0.2, -0.15) is 0 Å². The lowest BCUT2D eigenvalue weighted by molar-refractivity contribution is -0.145. The summed E-state index contributed by atoms with van der Waals surface area (Å²) in [5.41, 5.74) is 0.513. The molecule has 3 N–H and O–H groups in total. The summed E-state index contributed by atoms with van der Waals surface area (Å²) in [5.74, 6) is -1.15. The number of fused-ring (bicyclic) bond motifs is 1. The van der Waals surface area contributed by atoms with Gasteiger partial charge in [-0.15, -0.1) is 0 Å². The number of likely N-dealkylation sites (tertiary alicyclic amines) is 1. The van der Waals surface area contributed by atoms with Gasteiger partial charge in [0.05, 0.1) is 26.4 Å². The molecule has 3 saturated heterocycles. The lowest BCUT2D eigenvalue weighted by atomic mass is 10.0. The first-order valence-corrected chi connectivity index (χ1v) is 14.2. The Hall–Kier alpha value is -3.06. The zero-order valence-corrected chi connectivity index (χ0v) is 23.3. The Balaban J connectivity index is 1.43. The molecule has 1 aromatic carbocycles. The van der Waals surface area contributed by atoms with Crippen molar-refractivity contribution in [1.29, 1.82) is 0 Å². The molecular weight excluding hydrogens is 516 g/mol. The number of piperidine rings is 1. The third-order valence-electron chi connectivity index (χ3n) is 7.68. The van der Waals surface area contributed by atoms with E-state index in [2.05, 4.69) is 27.9 Å². The van der Waals surface area contributed by atoms with Crippen LogP contribution in [-0.2, 0) is 23.9 Å². The highest BCUT2D eigenvalue weighted by atomic mass is 16.5. The maximum Gasteiger partial charge on any atom is 0.251 e. The van der Waals surface area contributed by atoms with Gasteiger partial charge < -0.3 is 40.1 Å². The lowest BCUT2D eigenvalue weighted by Crippen LogP contribution is -2.58. The molecule has 0 bridgehead atoms. The molecule has 3 heterocycles. The van der Waals surface area contributed by atoms with Crippen LogP contribution in [0.4, 0.5) is 0 Å². The van der Waals surface area contributed by atoms with Crippen LogP contribution in [0.15, 0.2) is 30.3 Å². The molecule has 220 valence electrons. The smallest absolute Gasteiger partial charge is 0.251 e. The fourth-order valence-corrected chi connectivity index (χ4v) is 5.41. The summed E-state index contributed by atoms with van der Waals surface area (Å²) in [6, 6.07) is 8.23. The molecule has 1 aromatic rings. The van der Waals surface area contributed by atoms with E-state index in [0.717, 1.165) is 25.9 Å². The van der Waals surface area contributed by atoms with Crippen LogP contribution in [0, 0.1) is 0 Å². The largest absolute Gasteiger partial charge is 0.377 e. The van der Waals surface area contributed by atoms with Gasteiger partial charge in [0.2, 0.25) is 17.7 Å². The standard InChI is InChI=1S/C28H42N6O6/c1-32-12-7-22(8-13-32)31-23-9-14-34-24(35)19-33(15-10-29-27(37)21-5-3-2-4-6-21)25(36)20-40-18-17-39-16-11-30-28(38)26(23)34/h2-6,22-23,26,31H,7-20H2,1H3,(H,29,37)(H,30,38)/t23-,26+/m1/s1. The Kier molecular flexibility index (Phi) is 11.3. The number of hydrogen-bond donors (Lipinski definition) is 3. The first kappa shape index (κ1) is 29.9. The topological polar surface area (TPSA) is 133 Å². The van der Waals surface area contributed by atoms with Crippen LogP contribution in [0.5, 0.6) is 0 Å². The molecule has 40 heavy (non-hydrogen) atoms. The number of ether oxygens (including phenoxy) is 2. The summed E-state index contributed by atoms with van der Waals surface area (Å²) in [6.07, 6.45) is 2.62. The van der Waals surface area contributed by atoms with Crippen molar-refractivity contribution in [3.8, 4) is 0 Å². The van der Waals surface area contributed by atoms with Crippen LogP contribution in [-0.4, -0.2) is 136 Å². The van der Waals surface area contributed by atoms with E-state index in [1.807, 2.05) is 6.07 Å². The molecule has 4 amide bonds. The summed E-state index contributed by atoms with van der Waals surface area (Å²) in [5, 5.41) is 9.39. The number of rotatable bonds is 6. The number of benzene rings is 1. The normalized spacial score (nSPS) is 24.7. The van der Waals surface area contributed by atoms with Crippen molar-refractivity contribution in [2.24, 2.45) is 0 Å². The Labute approximate surface area is 235 Å². The first-order valence-electron chi connectivity index (χ1n) is 14.2. The maximum atomic E-state index is 13.6. The molecule has 12 nitrogen and oxygen atoms in total. The van der Waals surface area contributed by atoms with Gasteiger partial charge in [0.1, 0.15) is 12.6 Å². The van der Waals surface area contributed by atoms with Gasteiger partial charge in [-0.3, -0.25) is 19.2 Å². The highest BCUT2D eigenvalue weighted by molar-refractivity contribution is 5.94. The van der Waals surface area contributed by atoms with Crippen LogP contribution in [0.3, 0.4) is 0 Å². The zero-order chi connectivity index (χ0) is 28.3. The van der Waals surface area contributed by atoms with E-state index in [1.54, 1.807) is 29.2 Å². The van der Waals surface area contributed by atoms with E-state index in [9.17, 15) is 19.2 Å². The Bertz CT molecular complexity index is 1000. The van der Waals surface area contributed by atoms with Gasteiger partial charge in [-0.25, -0.2) is 0 Å². The number of nitrogens with zero attached hydrogens (tertiary/aromatic N) is 3. The van der Waals surface area contributed by atoms with E-state index in [4.69, 9.17) is 9.47 Å². The van der Waals surface area contributed by atoms with Crippen LogP contribution in [0.2, 0.25) is 0 Å². The molecule has 0 unspecified atom stereocenters. The van der Waals surface area contributed by atoms with E-state index in [-0.39, 0.29) is 75.2 Å². The molecule has 3 aliphatic rings. The molecule has 0 spiro atoms. The fraction of sp³-hybridized carbons (Fsp3) is 0.643. The second kappa shape index (κ2) is 15.1. The molecule has 2 atom stereocenters. The monoisotopic (exact) mass is 558 g/mol. The fourth-order valence-electron chi connectivity index (χ4n) is 5.41. The van der Waals surface area contributed by atoms with Crippen molar-refractivity contribution >= 4 is 23.6 Å². The van der Waals surface area contributed by atoms with E-state index >= 15 is 0 Å². The van der Waals surface area contributed by atoms with Gasteiger partial charge in [0.15, 0.2) is 0 Å². The average Bonchev–Trinajstić information content (AvgIpc) is 3.38. The Morgan fingerprint density at radius 1 is 0.975 bits per heavy atom. The van der Waals surface area contributed by atoms with Gasteiger partial charge in [0, 0.05) is 43.8 Å². The molecule has 0 aromatic heterocycles. The summed E-state index contributed by atoms with van der Waals surface area (Å²) in [6.45, 7) is 3.41. The van der Waals surface area contributed by atoms with Crippen molar-refractivity contribution in [2.45, 2.75) is 37.4 Å². The first-order chi connectivity index (χ1) is 19.4. The summed E-state index contributed by atoms with van der Waals surface area (Å²) in [7, 11) is 2.10. The second-order valence-corrected chi connectivity index (χ2v) is 10.6. The summed E-state index contributed by atoms with van der Waals surface area (Å²) < 4.78 is 11.0. The Morgan fingerprint density at radius 2 is 1.73 bits per heavy atom. The van der Waals surface area contributed by atoms with Gasteiger partial charge in [-0.05, 0) is 51.5 Å². The highest BCUT2D eigenvalue weighted by Crippen LogP contribution is 2.22. The van der Waals surface area contributed by atoms with Crippen molar-refractivity contribution in [1.82, 2.24) is 30.7 Å². The SMILES string of the molecule is CN1CCC(N[C@@H]2CCN3C(=O)CN(CCNC(=O)c4ccccc4)C(=O)COCCOCCNC(=O)[C@H]23)CC1. The van der Waals surface area contributed by atoms with Gasteiger partial charge in [0.25, 0.3) is 5.91 Å². The average molecular weight is 559 g/mol. The molecular formula is C28H42N6O6. The van der Waals surface area contributed by atoms with Gasteiger partial charge >= 0.3 is 0 Å². The van der Waals surface area contributed by atoms with Crippen molar-refractivity contribution in [3.05, 3.63) is 35.9 Å². The third-order valence-corrected chi connectivity index (χ3v) is 7.68. The van der Waals surface area contributed by atoms with Crippen molar-refractivity contribution in [2.75, 3.05) is 79.3 Å². The number of amides is 4. The van der Waals surface area contributed by atoms with E-state index in [0.29, 0.717) is 31.7 Å². The number of nitrogens with one attached hydrogen (secondary N) is 3. The minimum Gasteiger partial charge on any atom is -0.377 e. The molecule has 0 saturated carbocycles. The minimum atomic E-state index is -0.678. The third kappa shape index (κ3) is 8.47. The minimum absolute atomic E-state index is 0.130. The second-order valence-electron chi connectivity index (χ2n) is 10.6. The van der Waals surface area contributed by atoms with Crippen molar-refractivity contribution < 1.29 is 28.7 Å². The van der Waals surface area contributed by atoms with E-state index < -0.39 is 6.04 Å². The number of carbonyl (C=O) groups excluding carboxylic acids is 4. The maximum absolute atomic E-state index is 13.6. The van der Waals surface area contributed by atoms with E-state index in [1.165, 1.54) is 4.90 Å². The zero-order valence-electron chi connectivity index (χ0n) is 23.3. The van der Waals surface area contributed by atoms with Gasteiger partial charge in [-0.1, -0.05) is 18.2 Å². The molecule has 3 aliphatic heterocycles. The predicted molar refractivity (Wildman–Crippen MR) is 148 cm³/mol. The van der Waals surface area contributed by atoms with Crippen molar-refractivity contribution in [3.63, 3.8) is 0 Å². The molecule has 12 heteroatoms. The van der Waals surface area contributed by atoms with Crippen LogP contribution in [0.1, 0.15) is 29.6 Å². The molecule has 0 aliphatic carbocycles. The quantitative estimate of drug-likeness (QED) is 0.408. The summed E-state index contributed by atoms with van der Waals surface area (Å²) in [4.78, 5) is 57.7. The predicted octanol–water partition coefficient (Wildman–Crippen LogP) is -0.939. The van der Waals surface area contributed by atoms with Crippen LogP contribution in [0.25, 0.3) is 0 Å². The molecule has 3 fully saturated rings. The number of carbonyl (C=O) groups is 4. The van der Waals surface area contributed by atoms with Crippen LogP contribution >= 0.6 is 0 Å². The molecule has 0 radical (unpaired) electrons. The molecule has 4 rings (SSSR count). The summed E-state index contributed by atoms with van der Waals surface area (Å²) >= 11 is 0. The Morgan fingerprint density at radius 3 is 2.50 bits per heavy atom. The number of hydrogen-bond acceptors (Lipinski definition) is 8. The lowest BCUT2D eigenvalue weighted by Gasteiger charge is -2.34. The highest BCUT2D eigenvalue weighted by Gasteiger charge is 2.43.